The number of nitrogens with zero attached hydrogens (tertiary/aromatic N) is 3. The minimum Gasteiger partial charge on any atom is -0.465 e. The first-order valence-corrected chi connectivity index (χ1v) is 11.9. The molecule has 5 aromatic rings. The number of fused-ring (bicyclic) bond motifs is 1. The topological polar surface area (TPSA) is 111 Å². The number of thioether (sulfide) groups is 1. The number of carbonyl (C=O) groups excluding carboxylic acids is 2. The highest BCUT2D eigenvalue weighted by molar-refractivity contribution is 7.99. The van der Waals surface area contributed by atoms with Crippen LogP contribution in [0.2, 0.25) is 0 Å². The van der Waals surface area contributed by atoms with Gasteiger partial charge in [0.15, 0.2) is 5.78 Å². The Hall–Kier alpha value is -4.24. The SMILES string of the molecule is CCOC(=O)CSc1nnc(-c2ccc(-c3nc4ccc(C(=O)c5ccccc5)cc4[nH]3)cc2)o1. The molecule has 9 heteroatoms. The van der Waals surface area contributed by atoms with Crippen LogP contribution < -0.4 is 0 Å². The lowest BCUT2D eigenvalue weighted by molar-refractivity contribution is -0.139. The fourth-order valence-corrected chi connectivity index (χ4v) is 4.08. The highest BCUT2D eigenvalue weighted by atomic mass is 32.2. The summed E-state index contributed by atoms with van der Waals surface area (Å²) < 4.78 is 10.5. The number of H-pyrrole nitrogens is 1. The molecule has 0 aliphatic heterocycles. The van der Waals surface area contributed by atoms with E-state index < -0.39 is 0 Å². The van der Waals surface area contributed by atoms with Gasteiger partial charge in [0.1, 0.15) is 11.6 Å². The number of esters is 1. The van der Waals surface area contributed by atoms with Gasteiger partial charge in [-0.15, -0.1) is 10.2 Å². The van der Waals surface area contributed by atoms with Crippen molar-refractivity contribution in [3.63, 3.8) is 0 Å². The molecule has 0 atom stereocenters. The van der Waals surface area contributed by atoms with Gasteiger partial charge in [-0.1, -0.05) is 54.2 Å². The van der Waals surface area contributed by atoms with Gasteiger partial charge in [-0.25, -0.2) is 4.98 Å². The number of aromatic nitrogens is 4. The summed E-state index contributed by atoms with van der Waals surface area (Å²) in [7, 11) is 0. The zero-order valence-corrected chi connectivity index (χ0v) is 19.5. The Morgan fingerprint density at radius 1 is 0.943 bits per heavy atom. The molecule has 0 fully saturated rings. The second-order valence-electron chi connectivity index (χ2n) is 7.56. The van der Waals surface area contributed by atoms with Crippen molar-refractivity contribution in [2.24, 2.45) is 0 Å². The fraction of sp³-hybridized carbons (Fsp3) is 0.115. The highest BCUT2D eigenvalue weighted by Gasteiger charge is 2.14. The van der Waals surface area contributed by atoms with Crippen LogP contribution >= 0.6 is 11.8 Å². The predicted octanol–water partition coefficient (Wildman–Crippen LogP) is 5.17. The lowest BCUT2D eigenvalue weighted by atomic mass is 10.0. The van der Waals surface area contributed by atoms with E-state index in [4.69, 9.17) is 9.15 Å². The second kappa shape index (κ2) is 9.94. The number of ketones is 1. The van der Waals surface area contributed by atoms with E-state index in [1.807, 2.05) is 54.6 Å². The first-order valence-electron chi connectivity index (χ1n) is 10.9. The van der Waals surface area contributed by atoms with Crippen LogP contribution in [0, 0.1) is 0 Å². The summed E-state index contributed by atoms with van der Waals surface area (Å²) in [5, 5.41) is 8.33. The fourth-order valence-electron chi connectivity index (χ4n) is 3.52. The summed E-state index contributed by atoms with van der Waals surface area (Å²) in [5.74, 6) is 0.791. The Balaban J connectivity index is 1.32. The number of rotatable bonds is 8. The van der Waals surface area contributed by atoms with Gasteiger partial charge in [0.25, 0.3) is 5.22 Å². The largest absolute Gasteiger partial charge is 0.465 e. The van der Waals surface area contributed by atoms with Gasteiger partial charge >= 0.3 is 5.97 Å². The van der Waals surface area contributed by atoms with Crippen molar-refractivity contribution in [2.45, 2.75) is 12.1 Å². The van der Waals surface area contributed by atoms with E-state index in [0.717, 1.165) is 33.9 Å². The van der Waals surface area contributed by atoms with Crippen LogP contribution in [-0.2, 0) is 9.53 Å². The predicted molar refractivity (Wildman–Crippen MR) is 132 cm³/mol. The standard InChI is InChI=1S/C26H20N4O4S/c1-2-33-22(31)15-35-26-30-29-25(34-26)18-10-8-17(9-11-18)24-27-20-13-12-19(14-21(20)28-24)23(32)16-6-4-3-5-7-16/h3-14H,2,15H2,1H3,(H,27,28). The molecule has 0 saturated heterocycles. The Morgan fingerprint density at radius 3 is 2.49 bits per heavy atom. The maximum Gasteiger partial charge on any atom is 0.316 e. The lowest BCUT2D eigenvalue weighted by Gasteiger charge is -2.00. The van der Waals surface area contributed by atoms with Crippen molar-refractivity contribution in [3.8, 4) is 22.8 Å². The molecule has 0 unspecified atom stereocenters. The maximum atomic E-state index is 12.8. The van der Waals surface area contributed by atoms with E-state index >= 15 is 0 Å². The van der Waals surface area contributed by atoms with Crippen LogP contribution in [0.3, 0.4) is 0 Å². The molecule has 174 valence electrons. The van der Waals surface area contributed by atoms with Gasteiger partial charge in [0, 0.05) is 22.3 Å². The van der Waals surface area contributed by atoms with Crippen LogP contribution in [0.15, 0.2) is 82.4 Å². The third-order valence-corrected chi connectivity index (χ3v) is 6.00. The number of nitrogens with one attached hydrogen (secondary N) is 1. The van der Waals surface area contributed by atoms with Gasteiger partial charge in [-0.2, -0.15) is 0 Å². The molecule has 0 amide bonds. The smallest absolute Gasteiger partial charge is 0.316 e. The van der Waals surface area contributed by atoms with E-state index in [-0.39, 0.29) is 17.5 Å². The molecule has 2 heterocycles. The van der Waals surface area contributed by atoms with Gasteiger partial charge in [-0.05, 0) is 37.3 Å². The Kier molecular flexibility index (Phi) is 6.40. The summed E-state index contributed by atoms with van der Waals surface area (Å²) in [4.78, 5) is 32.2. The average molecular weight is 485 g/mol. The molecule has 5 rings (SSSR count). The zero-order chi connectivity index (χ0) is 24.2. The summed E-state index contributed by atoms with van der Waals surface area (Å²) in [6, 6.07) is 22.2. The first kappa shape index (κ1) is 22.5. The molecule has 8 nitrogen and oxygen atoms in total. The number of hydrogen-bond donors (Lipinski definition) is 1. The number of carbonyl (C=O) groups is 2. The molecule has 35 heavy (non-hydrogen) atoms. The van der Waals surface area contributed by atoms with Crippen LogP contribution in [0.1, 0.15) is 22.8 Å². The van der Waals surface area contributed by atoms with Crippen molar-refractivity contribution >= 4 is 34.5 Å². The van der Waals surface area contributed by atoms with E-state index in [9.17, 15) is 9.59 Å². The van der Waals surface area contributed by atoms with E-state index in [0.29, 0.717) is 34.7 Å². The van der Waals surface area contributed by atoms with E-state index in [1.165, 1.54) is 0 Å². The van der Waals surface area contributed by atoms with E-state index in [1.54, 1.807) is 25.1 Å². The van der Waals surface area contributed by atoms with Gasteiger partial charge in [0.2, 0.25) is 5.89 Å². The minimum absolute atomic E-state index is 0.0349. The number of imidazole rings is 1. The Bertz CT molecular complexity index is 1490. The number of aromatic amines is 1. The third kappa shape index (κ3) is 4.99. The maximum absolute atomic E-state index is 12.8. The Morgan fingerprint density at radius 2 is 1.71 bits per heavy atom. The minimum atomic E-state index is -0.330. The molecule has 3 aromatic carbocycles. The number of ether oxygens (including phenoxy) is 1. The van der Waals surface area contributed by atoms with Crippen LogP contribution in [0.4, 0.5) is 0 Å². The van der Waals surface area contributed by atoms with Crippen molar-refractivity contribution in [2.75, 3.05) is 12.4 Å². The number of benzene rings is 3. The monoisotopic (exact) mass is 484 g/mol. The molecule has 0 saturated carbocycles. The third-order valence-electron chi connectivity index (χ3n) is 5.21. The molecule has 0 aliphatic carbocycles. The molecule has 0 aliphatic rings. The molecule has 1 N–H and O–H groups in total. The van der Waals surface area contributed by atoms with Crippen molar-refractivity contribution in [1.29, 1.82) is 0 Å². The molecular weight excluding hydrogens is 464 g/mol. The van der Waals surface area contributed by atoms with Crippen LogP contribution in [0.5, 0.6) is 0 Å². The second-order valence-corrected chi connectivity index (χ2v) is 8.48. The average Bonchev–Trinajstić information content (AvgIpc) is 3.55. The van der Waals surface area contributed by atoms with Gasteiger partial charge in [0.05, 0.1) is 17.6 Å². The molecule has 0 radical (unpaired) electrons. The number of hydrogen-bond acceptors (Lipinski definition) is 8. The van der Waals surface area contributed by atoms with Crippen molar-refractivity contribution in [3.05, 3.63) is 83.9 Å². The van der Waals surface area contributed by atoms with Crippen LogP contribution in [0.25, 0.3) is 33.9 Å². The van der Waals surface area contributed by atoms with Crippen molar-refractivity contribution in [1.82, 2.24) is 20.2 Å². The summed E-state index contributed by atoms with van der Waals surface area (Å²) in [6.45, 7) is 2.09. The van der Waals surface area contributed by atoms with Crippen LogP contribution in [-0.4, -0.2) is 44.3 Å². The quantitative estimate of drug-likeness (QED) is 0.183. The molecule has 0 spiro atoms. The highest BCUT2D eigenvalue weighted by Crippen LogP contribution is 2.27. The summed E-state index contributed by atoms with van der Waals surface area (Å²) >= 11 is 1.13. The van der Waals surface area contributed by atoms with Gasteiger partial charge < -0.3 is 14.1 Å². The summed E-state index contributed by atoms with van der Waals surface area (Å²) in [6.07, 6.45) is 0. The summed E-state index contributed by atoms with van der Waals surface area (Å²) in [5.41, 5.74) is 4.42. The molecule has 2 aromatic heterocycles. The van der Waals surface area contributed by atoms with Gasteiger partial charge in [-0.3, -0.25) is 9.59 Å². The molecular formula is C26H20N4O4S. The first-order chi connectivity index (χ1) is 17.1. The van der Waals surface area contributed by atoms with Crippen molar-refractivity contribution < 1.29 is 18.7 Å². The molecule has 0 bridgehead atoms. The Labute approximate surface area is 204 Å². The van der Waals surface area contributed by atoms with E-state index in [2.05, 4.69) is 20.2 Å². The normalized spacial score (nSPS) is 11.0. The zero-order valence-electron chi connectivity index (χ0n) is 18.7. The lowest BCUT2D eigenvalue weighted by Crippen LogP contribution is -2.06.